The van der Waals surface area contributed by atoms with Crippen LogP contribution in [-0.4, -0.2) is 36.3 Å². The Morgan fingerprint density at radius 2 is 2.11 bits per heavy atom. The van der Waals surface area contributed by atoms with Gasteiger partial charge < -0.3 is 20.2 Å². The van der Waals surface area contributed by atoms with E-state index in [0.717, 1.165) is 16.7 Å². The molecule has 8 heteroatoms. The Bertz CT molecular complexity index is 1030. The second-order valence-corrected chi connectivity index (χ2v) is 6.58. The highest BCUT2D eigenvalue weighted by atomic mass is 16.5. The number of amides is 1. The number of nitriles is 1. The first-order valence-corrected chi connectivity index (χ1v) is 8.90. The second kappa shape index (κ2) is 7.68. The molecule has 142 valence electrons. The van der Waals surface area contributed by atoms with Crippen LogP contribution < -0.4 is 16.4 Å². The molecule has 0 unspecified atom stereocenters. The van der Waals surface area contributed by atoms with Crippen LogP contribution in [0.2, 0.25) is 0 Å². The standard InChI is InChI=1S/C20H19N5O3/c21-9-15(24-19(26)18-10-23-11-27-18)7-12-1-3-13(4-2-12)14-5-6-17-16(8-14)25-20(22)28-17/h1-6,8,15,18,23H,7,10-11H2,(H2,22,25)(H,24,26)/t15-,18-/m0/s1. The number of anilines is 1. The molecule has 4 rings (SSSR count). The van der Waals surface area contributed by atoms with Gasteiger partial charge in [-0.2, -0.15) is 10.2 Å². The van der Waals surface area contributed by atoms with E-state index in [9.17, 15) is 10.1 Å². The number of oxazole rings is 1. The maximum atomic E-state index is 12.1. The van der Waals surface area contributed by atoms with Gasteiger partial charge in [-0.15, -0.1) is 0 Å². The van der Waals surface area contributed by atoms with E-state index in [1.807, 2.05) is 42.5 Å². The fourth-order valence-corrected chi connectivity index (χ4v) is 3.16. The lowest BCUT2D eigenvalue weighted by molar-refractivity contribution is -0.129. The Morgan fingerprint density at radius 1 is 1.32 bits per heavy atom. The Kier molecular flexibility index (Phi) is 4.93. The summed E-state index contributed by atoms with van der Waals surface area (Å²) in [6, 6.07) is 15.2. The van der Waals surface area contributed by atoms with Crippen LogP contribution in [0.15, 0.2) is 46.9 Å². The second-order valence-electron chi connectivity index (χ2n) is 6.58. The zero-order valence-corrected chi connectivity index (χ0v) is 15.0. The molecule has 1 aromatic heterocycles. The summed E-state index contributed by atoms with van der Waals surface area (Å²) in [5.41, 5.74) is 9.89. The first-order valence-electron chi connectivity index (χ1n) is 8.90. The van der Waals surface area contributed by atoms with Gasteiger partial charge in [0.1, 0.15) is 17.7 Å². The third kappa shape index (κ3) is 3.81. The maximum Gasteiger partial charge on any atom is 0.292 e. The van der Waals surface area contributed by atoms with E-state index >= 15 is 0 Å². The van der Waals surface area contributed by atoms with Gasteiger partial charge in [0.05, 0.1) is 12.8 Å². The maximum absolute atomic E-state index is 12.1. The van der Waals surface area contributed by atoms with Crippen LogP contribution >= 0.6 is 0 Å². The van der Waals surface area contributed by atoms with Crippen molar-refractivity contribution in [1.29, 1.82) is 5.26 Å². The molecule has 1 aliphatic rings. The van der Waals surface area contributed by atoms with Gasteiger partial charge in [0.25, 0.3) is 11.9 Å². The van der Waals surface area contributed by atoms with Gasteiger partial charge in [0.2, 0.25) is 0 Å². The Labute approximate surface area is 161 Å². The molecule has 28 heavy (non-hydrogen) atoms. The van der Waals surface area contributed by atoms with Gasteiger partial charge in [0.15, 0.2) is 5.58 Å². The summed E-state index contributed by atoms with van der Waals surface area (Å²) in [7, 11) is 0. The normalized spacial score (nSPS) is 17.3. The number of carbonyl (C=O) groups excluding carboxylic acids is 1. The van der Waals surface area contributed by atoms with Crippen molar-refractivity contribution in [3.8, 4) is 17.2 Å². The van der Waals surface area contributed by atoms with Gasteiger partial charge in [-0.1, -0.05) is 30.3 Å². The van der Waals surface area contributed by atoms with Crippen molar-refractivity contribution < 1.29 is 13.9 Å². The summed E-state index contributed by atoms with van der Waals surface area (Å²) in [5.74, 6) is -0.270. The summed E-state index contributed by atoms with van der Waals surface area (Å²) in [5, 5.41) is 15.0. The van der Waals surface area contributed by atoms with E-state index < -0.39 is 12.1 Å². The molecule has 0 bridgehead atoms. The molecular weight excluding hydrogens is 358 g/mol. The van der Waals surface area contributed by atoms with E-state index in [-0.39, 0.29) is 11.9 Å². The molecule has 4 N–H and O–H groups in total. The molecule has 0 spiro atoms. The van der Waals surface area contributed by atoms with E-state index in [2.05, 4.69) is 21.7 Å². The van der Waals surface area contributed by atoms with Gasteiger partial charge in [-0.25, -0.2) is 0 Å². The van der Waals surface area contributed by atoms with E-state index in [1.165, 1.54) is 0 Å². The van der Waals surface area contributed by atoms with Crippen molar-refractivity contribution in [3.63, 3.8) is 0 Å². The summed E-state index contributed by atoms with van der Waals surface area (Å²) >= 11 is 0. The van der Waals surface area contributed by atoms with Crippen molar-refractivity contribution >= 4 is 23.0 Å². The van der Waals surface area contributed by atoms with Crippen molar-refractivity contribution in [2.24, 2.45) is 0 Å². The van der Waals surface area contributed by atoms with Gasteiger partial charge in [-0.3, -0.25) is 10.1 Å². The summed E-state index contributed by atoms with van der Waals surface area (Å²) in [4.78, 5) is 16.3. The number of aromatic nitrogens is 1. The minimum absolute atomic E-state index is 0.144. The fourth-order valence-electron chi connectivity index (χ4n) is 3.16. The van der Waals surface area contributed by atoms with Crippen LogP contribution in [0, 0.1) is 11.3 Å². The monoisotopic (exact) mass is 377 g/mol. The minimum atomic E-state index is -0.614. The topological polar surface area (TPSA) is 126 Å². The molecule has 0 aliphatic carbocycles. The quantitative estimate of drug-likeness (QED) is 0.616. The van der Waals surface area contributed by atoms with Gasteiger partial charge >= 0.3 is 0 Å². The highest BCUT2D eigenvalue weighted by Crippen LogP contribution is 2.25. The zero-order valence-electron chi connectivity index (χ0n) is 15.0. The molecule has 2 atom stereocenters. The SMILES string of the molecule is N#C[C@H](Cc1ccc(-c2ccc3oc(N)nc3c2)cc1)NC(=O)[C@@H]1CNCO1. The number of hydrogen-bond acceptors (Lipinski definition) is 7. The zero-order chi connectivity index (χ0) is 19.5. The number of nitrogen functional groups attached to an aromatic ring is 1. The molecule has 1 saturated heterocycles. The van der Waals surface area contributed by atoms with E-state index in [4.69, 9.17) is 14.9 Å². The Morgan fingerprint density at radius 3 is 2.82 bits per heavy atom. The lowest BCUT2D eigenvalue weighted by Crippen LogP contribution is -2.43. The highest BCUT2D eigenvalue weighted by Gasteiger charge is 2.25. The lowest BCUT2D eigenvalue weighted by Gasteiger charge is -2.14. The molecule has 8 nitrogen and oxygen atoms in total. The first-order chi connectivity index (χ1) is 13.6. The van der Waals surface area contributed by atoms with Gasteiger partial charge in [-0.05, 0) is 28.8 Å². The summed E-state index contributed by atoms with van der Waals surface area (Å²) in [6.45, 7) is 0.809. The number of carbonyl (C=O) groups is 1. The minimum Gasteiger partial charge on any atom is -0.424 e. The lowest BCUT2D eigenvalue weighted by atomic mass is 10.0. The Balaban J connectivity index is 1.44. The molecule has 1 aliphatic heterocycles. The largest absolute Gasteiger partial charge is 0.424 e. The highest BCUT2D eigenvalue weighted by molar-refractivity contribution is 5.82. The van der Waals surface area contributed by atoms with Crippen LogP contribution in [0.5, 0.6) is 0 Å². The average Bonchev–Trinajstić information content (AvgIpc) is 3.36. The Hall–Kier alpha value is -3.41. The molecule has 2 aromatic carbocycles. The van der Waals surface area contributed by atoms with Crippen LogP contribution in [0.1, 0.15) is 5.56 Å². The number of nitrogens with one attached hydrogen (secondary N) is 2. The van der Waals surface area contributed by atoms with Crippen LogP contribution in [0.25, 0.3) is 22.2 Å². The number of benzene rings is 2. The van der Waals surface area contributed by atoms with E-state index in [0.29, 0.717) is 30.8 Å². The molecule has 0 radical (unpaired) electrons. The molecule has 2 heterocycles. The van der Waals surface area contributed by atoms with Crippen LogP contribution in [-0.2, 0) is 16.0 Å². The number of hydrogen-bond donors (Lipinski definition) is 3. The third-order valence-electron chi connectivity index (χ3n) is 4.61. The third-order valence-corrected chi connectivity index (χ3v) is 4.61. The smallest absolute Gasteiger partial charge is 0.292 e. The summed E-state index contributed by atoms with van der Waals surface area (Å²) in [6.07, 6.45) is -0.125. The molecule has 3 aromatic rings. The number of ether oxygens (including phenoxy) is 1. The number of fused-ring (bicyclic) bond motifs is 1. The molecule has 1 amide bonds. The molecular formula is C20H19N5O3. The van der Waals surface area contributed by atoms with Crippen molar-refractivity contribution in [1.82, 2.24) is 15.6 Å². The van der Waals surface area contributed by atoms with E-state index in [1.54, 1.807) is 0 Å². The number of rotatable bonds is 5. The molecule has 0 saturated carbocycles. The molecule has 1 fully saturated rings. The van der Waals surface area contributed by atoms with Crippen molar-refractivity contribution in [2.75, 3.05) is 19.0 Å². The number of nitrogens with two attached hydrogens (primary N) is 1. The van der Waals surface area contributed by atoms with Crippen molar-refractivity contribution in [2.45, 2.75) is 18.6 Å². The van der Waals surface area contributed by atoms with Crippen molar-refractivity contribution in [3.05, 3.63) is 48.0 Å². The fraction of sp³-hybridized carbons (Fsp3) is 0.250. The summed E-state index contributed by atoms with van der Waals surface area (Å²) < 4.78 is 10.5. The van der Waals surface area contributed by atoms with Crippen LogP contribution in [0.4, 0.5) is 6.01 Å². The predicted molar refractivity (Wildman–Crippen MR) is 103 cm³/mol. The predicted octanol–water partition coefficient (Wildman–Crippen LogP) is 1.57. The first kappa shape index (κ1) is 18.0. The average molecular weight is 377 g/mol. The van der Waals surface area contributed by atoms with Crippen LogP contribution in [0.3, 0.4) is 0 Å². The van der Waals surface area contributed by atoms with Gasteiger partial charge in [0, 0.05) is 13.0 Å². The number of nitrogens with zero attached hydrogens (tertiary/aromatic N) is 2.